The lowest BCUT2D eigenvalue weighted by Gasteiger charge is -2.36. The van der Waals surface area contributed by atoms with E-state index in [1.165, 1.54) is 81.7 Å². The number of carbonyl (C=O) groups excluding carboxylic acids is 2. The summed E-state index contributed by atoms with van der Waals surface area (Å²) in [6.07, 6.45) is 18.7. The quantitative estimate of drug-likeness (QED) is 0.0323. The van der Waals surface area contributed by atoms with Crippen molar-refractivity contribution in [1.29, 1.82) is 21.0 Å². The normalized spacial score (nSPS) is 15.2. The summed E-state index contributed by atoms with van der Waals surface area (Å²) < 4.78 is 59.2. The summed E-state index contributed by atoms with van der Waals surface area (Å²) in [6, 6.07) is 52.1. The Morgan fingerprint density at radius 3 is 1.17 bits per heavy atom. The number of Topliss-reactive ketones (excluding diaryl/α,β-unsaturated/α-hetero) is 2. The zero-order valence-corrected chi connectivity index (χ0v) is 60.5. The highest BCUT2D eigenvalue weighted by molar-refractivity contribution is 7.11. The molecule has 0 unspecified atom stereocenters. The number of unbranched alkanes of at least 4 members (excludes halogenated alkanes) is 10. The Kier molecular flexibility index (Phi) is 19.3. The van der Waals surface area contributed by atoms with Gasteiger partial charge in [0.1, 0.15) is 35.4 Å². The maximum absolute atomic E-state index is 14.9. The fourth-order valence-electron chi connectivity index (χ4n) is 16.2. The molecule has 9 aromatic rings. The number of allylic oxidation sites excluding steroid dienone is 6. The number of carbonyl (C=O) groups is 2. The molecule has 0 spiro atoms. The van der Waals surface area contributed by atoms with Gasteiger partial charge in [-0.1, -0.05) is 205 Å². The molecule has 0 amide bonds. The van der Waals surface area contributed by atoms with Crippen LogP contribution in [0.1, 0.15) is 231 Å². The molecule has 0 aliphatic heterocycles. The highest BCUT2D eigenvalue weighted by atomic mass is 32.1. The molecule has 7 aromatic carbocycles. The number of halogens is 4. The maximum atomic E-state index is 14.9. The zero-order chi connectivity index (χ0) is 72.2. The van der Waals surface area contributed by atoms with E-state index in [2.05, 4.69) is 158 Å². The molecule has 4 aliphatic rings. The van der Waals surface area contributed by atoms with Crippen molar-refractivity contribution in [2.24, 2.45) is 0 Å². The Balaban J connectivity index is 1.01. The summed E-state index contributed by atoms with van der Waals surface area (Å²) in [7, 11) is 0. The average Bonchev–Trinajstić information content (AvgIpc) is 1.51. The van der Waals surface area contributed by atoms with Gasteiger partial charge in [-0.05, 0) is 207 Å². The van der Waals surface area contributed by atoms with Gasteiger partial charge in [-0.2, -0.15) is 21.0 Å². The van der Waals surface area contributed by atoms with Crippen LogP contribution < -0.4 is 0 Å². The fraction of sp³-hybridized carbons (Fsp3) is 0.289. The lowest BCUT2D eigenvalue weighted by Crippen LogP contribution is -2.29. The van der Waals surface area contributed by atoms with Gasteiger partial charge in [0.2, 0.25) is 0 Å². The summed E-state index contributed by atoms with van der Waals surface area (Å²) in [6.45, 7) is 17.9. The van der Waals surface area contributed by atoms with Crippen LogP contribution in [0.2, 0.25) is 0 Å². The fourth-order valence-corrected chi connectivity index (χ4v) is 17.9. The highest BCUT2D eigenvalue weighted by Gasteiger charge is 2.51. The van der Waals surface area contributed by atoms with Gasteiger partial charge in [-0.25, -0.2) is 17.6 Å². The number of fused-ring (bicyclic) bond motifs is 8. The van der Waals surface area contributed by atoms with Crippen LogP contribution in [0.25, 0.3) is 67.8 Å². The van der Waals surface area contributed by atoms with E-state index in [0.29, 0.717) is 9.75 Å². The van der Waals surface area contributed by atoms with Crippen LogP contribution in [0, 0.1) is 68.6 Å². The second kappa shape index (κ2) is 28.0. The summed E-state index contributed by atoms with van der Waals surface area (Å²) >= 11 is 2.79. The van der Waals surface area contributed by atoms with Gasteiger partial charge in [0.05, 0.1) is 5.41 Å². The molecule has 102 heavy (non-hydrogen) atoms. The first-order valence-corrected chi connectivity index (χ1v) is 37.3. The molecule has 0 fully saturated rings. The van der Waals surface area contributed by atoms with Crippen LogP contribution in [-0.4, -0.2) is 11.6 Å². The first-order valence-electron chi connectivity index (χ1n) is 35.5. The van der Waals surface area contributed by atoms with Crippen LogP contribution in [0.5, 0.6) is 0 Å². The molecule has 0 saturated heterocycles. The maximum Gasteiger partial charge on any atom is 0.194 e. The second-order valence-electron chi connectivity index (χ2n) is 29.8. The number of hydrogen-bond donors (Lipinski definition) is 0. The van der Waals surface area contributed by atoms with E-state index in [0.717, 1.165) is 144 Å². The lowest BCUT2D eigenvalue weighted by atomic mass is 9.66. The van der Waals surface area contributed by atoms with Crippen LogP contribution in [0.3, 0.4) is 0 Å². The van der Waals surface area contributed by atoms with Crippen molar-refractivity contribution in [3.05, 3.63) is 266 Å². The number of nitrogens with zero attached hydrogens (tertiary/aromatic N) is 4. The molecule has 2 aromatic heterocycles. The van der Waals surface area contributed by atoms with E-state index in [1.54, 1.807) is 12.2 Å². The van der Waals surface area contributed by atoms with Crippen molar-refractivity contribution in [2.75, 3.05) is 0 Å². The third-order valence-corrected chi connectivity index (χ3v) is 23.3. The topological polar surface area (TPSA) is 129 Å². The van der Waals surface area contributed by atoms with Gasteiger partial charge in [0.25, 0.3) is 0 Å². The molecular weight excluding hydrogens is 1310 g/mol. The van der Waals surface area contributed by atoms with Crippen LogP contribution in [0.15, 0.2) is 167 Å². The number of rotatable bonds is 20. The van der Waals surface area contributed by atoms with Gasteiger partial charge in [0, 0.05) is 48.6 Å². The Bertz CT molecular complexity index is 5140. The molecule has 12 heteroatoms. The first kappa shape index (κ1) is 70.4. The number of hydrogen-bond acceptors (Lipinski definition) is 8. The minimum absolute atomic E-state index is 0.00192. The number of benzene rings is 7. The predicted octanol–water partition coefficient (Wildman–Crippen LogP) is 24.6. The van der Waals surface area contributed by atoms with Crippen LogP contribution in [0.4, 0.5) is 17.6 Å². The van der Waals surface area contributed by atoms with E-state index in [-0.39, 0.29) is 66.5 Å². The summed E-state index contributed by atoms with van der Waals surface area (Å²) in [5.74, 6) is -5.96. The molecule has 0 radical (unpaired) electrons. The monoisotopic (exact) mass is 1390 g/mol. The van der Waals surface area contributed by atoms with Crippen LogP contribution in [-0.2, 0) is 21.7 Å². The largest absolute Gasteiger partial charge is 0.289 e. The minimum Gasteiger partial charge on any atom is -0.289 e. The Morgan fingerprint density at radius 1 is 0.402 bits per heavy atom. The molecule has 0 saturated carbocycles. The predicted molar refractivity (Wildman–Crippen MR) is 404 cm³/mol. The van der Waals surface area contributed by atoms with Gasteiger partial charge >= 0.3 is 0 Å². The Morgan fingerprint density at radius 2 is 0.755 bits per heavy atom. The minimum atomic E-state index is -1.20. The molecule has 510 valence electrons. The molecule has 0 N–H and O–H groups in total. The van der Waals surface area contributed by atoms with Crippen molar-refractivity contribution in [3.63, 3.8) is 0 Å². The third kappa shape index (κ3) is 12.4. The Labute approximate surface area is 604 Å². The summed E-state index contributed by atoms with van der Waals surface area (Å²) in [4.78, 5) is 29.6. The van der Waals surface area contributed by atoms with Crippen molar-refractivity contribution in [3.8, 4) is 68.8 Å². The summed E-state index contributed by atoms with van der Waals surface area (Å²) in [5.41, 5.74) is 15.3. The van der Waals surface area contributed by atoms with Crippen LogP contribution >= 0.6 is 22.7 Å². The molecule has 2 heterocycles. The summed E-state index contributed by atoms with van der Waals surface area (Å²) in [5, 5.41) is 44.6. The molecule has 4 aliphatic carbocycles. The Hall–Kier alpha value is -10.1. The second-order valence-corrected chi connectivity index (χ2v) is 31.7. The lowest BCUT2D eigenvalue weighted by molar-refractivity contribution is 0.103. The van der Waals surface area contributed by atoms with Gasteiger partial charge in [-0.15, -0.1) is 22.7 Å². The molecule has 0 bridgehead atoms. The van der Waals surface area contributed by atoms with Crippen molar-refractivity contribution >= 4 is 57.5 Å². The number of ketones is 2. The SMILES string of the molecule is CCCCCCCCC1(CCCCCCCC)c2cc(-c3csc(/C=C4\C(=O)c5cc(F)c(F)cc5C4=C(C#N)C#N)c3)ccc2-c2cc3c(cc21)-c1ccc(-c2csc(/C=C4\C(=O)c5cc(F)c(F)cc5C4=C(C#N)C#N)c2)cc1C3(c1ccc(C(C)(C)C)cc1)c1ccc(C(C)(C)C)cc1. The average molecular weight is 1390 g/mol. The smallest absolute Gasteiger partial charge is 0.194 e. The van der Waals surface area contributed by atoms with E-state index in [4.69, 9.17) is 0 Å². The van der Waals surface area contributed by atoms with E-state index >= 15 is 0 Å². The first-order chi connectivity index (χ1) is 49.0. The van der Waals surface area contributed by atoms with Gasteiger partial charge < -0.3 is 0 Å². The third-order valence-electron chi connectivity index (χ3n) is 21.5. The number of thiophene rings is 2. The van der Waals surface area contributed by atoms with Gasteiger partial charge in [0.15, 0.2) is 34.8 Å². The number of nitriles is 4. The molecular formula is C90H78F4N4O2S2. The molecule has 13 rings (SSSR count). The van der Waals surface area contributed by atoms with E-state index in [9.17, 15) is 48.2 Å². The molecule has 0 atom stereocenters. The van der Waals surface area contributed by atoms with Crippen molar-refractivity contribution < 1.29 is 27.2 Å². The van der Waals surface area contributed by atoms with Gasteiger partial charge in [-0.3, -0.25) is 9.59 Å². The highest BCUT2D eigenvalue weighted by Crippen LogP contribution is 2.63. The standard InChI is InChI=1S/C90H78F4N4O2S2/c1-9-11-13-15-17-19-33-89(34-20-18-16-14-12-10-2)75-37-53(55-35-63(101-51-55)39-73-83(57(47-95)48-96)69-43-79(91)81(93)45-71(69)85(73)99)21-31-65(75)67-42-78-68(41-76(67)89)66-32-22-54(56-36-64(102-52-56)40-74-84(58(49-97)50-98)70-44-80(92)82(94)46-72(70)86(74)100)38-77(66)90(78,61-27-23-59(24-28-61)87(3,4)5)62-29-25-60(26-30-62)88(6,7)8/h21-32,35-46,51-52H,9-20,33-34H2,1-8H3/b73-39-,74-40-. The van der Waals surface area contributed by atoms with Crippen molar-refractivity contribution in [1.82, 2.24) is 0 Å². The molecule has 6 nitrogen and oxygen atoms in total. The zero-order valence-electron chi connectivity index (χ0n) is 58.8. The van der Waals surface area contributed by atoms with Crippen molar-refractivity contribution in [2.45, 2.75) is 167 Å². The van der Waals surface area contributed by atoms with E-state index in [1.807, 2.05) is 41.8 Å². The van der Waals surface area contributed by atoms with E-state index < -0.39 is 45.7 Å².